The highest BCUT2D eigenvalue weighted by Crippen LogP contribution is 2.14. The number of benzene rings is 2. The minimum absolute atomic E-state index is 0.0842. The number of nitrogens with zero attached hydrogens (tertiary/aromatic N) is 1. The summed E-state index contributed by atoms with van der Waals surface area (Å²) in [6.45, 7) is 4.10. The first-order valence-electron chi connectivity index (χ1n) is 8.92. The second-order valence-corrected chi connectivity index (χ2v) is 6.69. The smallest absolute Gasteiger partial charge is 0.425 e. The first-order chi connectivity index (χ1) is 13.0. The molecule has 0 spiro atoms. The van der Waals surface area contributed by atoms with E-state index < -0.39 is 18.1 Å². The maximum absolute atomic E-state index is 12.5. The SMILES string of the molecule is CC(C)C[C@H](C(=O)OCc1ccccc1)N(N)C(=O)OCc1ccccc1. The van der Waals surface area contributed by atoms with Crippen molar-refractivity contribution >= 4 is 12.1 Å². The quantitative estimate of drug-likeness (QED) is 0.332. The Morgan fingerprint density at radius 2 is 1.37 bits per heavy atom. The lowest BCUT2D eigenvalue weighted by Crippen LogP contribution is -2.51. The van der Waals surface area contributed by atoms with E-state index in [1.807, 2.05) is 74.5 Å². The standard InChI is InChI=1S/C21H26N2O4/c1-16(2)13-19(20(24)26-14-17-9-5-3-6-10-17)23(22)21(25)27-15-18-11-7-4-8-12-18/h3-12,16,19H,13-15,22H2,1-2H3/t19-/m1/s1. The van der Waals surface area contributed by atoms with Gasteiger partial charge in [-0.2, -0.15) is 0 Å². The number of carbonyl (C=O) groups excluding carboxylic acids is 2. The van der Waals surface area contributed by atoms with E-state index in [1.54, 1.807) is 0 Å². The lowest BCUT2D eigenvalue weighted by molar-refractivity contribution is -0.151. The third-order valence-corrected chi connectivity index (χ3v) is 3.94. The van der Waals surface area contributed by atoms with Gasteiger partial charge in [0.05, 0.1) is 0 Å². The molecular weight excluding hydrogens is 344 g/mol. The molecule has 0 aliphatic rings. The van der Waals surface area contributed by atoms with Crippen molar-refractivity contribution in [2.45, 2.75) is 39.5 Å². The zero-order chi connectivity index (χ0) is 19.6. The molecule has 6 heteroatoms. The summed E-state index contributed by atoms with van der Waals surface area (Å²) in [7, 11) is 0. The Bertz CT molecular complexity index is 719. The Kier molecular flexibility index (Phi) is 7.82. The van der Waals surface area contributed by atoms with E-state index in [9.17, 15) is 9.59 Å². The maximum Gasteiger partial charge on any atom is 0.425 e. The lowest BCUT2D eigenvalue weighted by Gasteiger charge is -2.26. The van der Waals surface area contributed by atoms with Gasteiger partial charge in [-0.3, -0.25) is 0 Å². The number of carbonyl (C=O) groups is 2. The fourth-order valence-electron chi connectivity index (χ4n) is 2.52. The van der Waals surface area contributed by atoms with Crippen molar-refractivity contribution < 1.29 is 19.1 Å². The summed E-state index contributed by atoms with van der Waals surface area (Å²) >= 11 is 0. The number of hydrogen-bond acceptors (Lipinski definition) is 5. The van der Waals surface area contributed by atoms with Crippen LogP contribution in [-0.2, 0) is 27.5 Å². The molecule has 2 aromatic carbocycles. The van der Waals surface area contributed by atoms with Crippen LogP contribution in [0.1, 0.15) is 31.4 Å². The second-order valence-electron chi connectivity index (χ2n) is 6.69. The van der Waals surface area contributed by atoms with Crippen molar-refractivity contribution in [1.29, 1.82) is 0 Å². The summed E-state index contributed by atoms with van der Waals surface area (Å²) in [4.78, 5) is 24.8. The molecule has 0 unspecified atom stereocenters. The monoisotopic (exact) mass is 370 g/mol. The molecule has 6 nitrogen and oxygen atoms in total. The third kappa shape index (κ3) is 6.75. The summed E-state index contributed by atoms with van der Waals surface area (Å²) in [6.07, 6.45) is -0.383. The van der Waals surface area contributed by atoms with Crippen LogP contribution < -0.4 is 5.84 Å². The number of ether oxygens (including phenoxy) is 2. The van der Waals surface area contributed by atoms with Crippen molar-refractivity contribution in [2.24, 2.45) is 11.8 Å². The molecule has 0 bridgehead atoms. The first kappa shape index (κ1) is 20.5. The van der Waals surface area contributed by atoms with E-state index in [4.69, 9.17) is 15.3 Å². The number of hydrogen-bond donors (Lipinski definition) is 1. The Balaban J connectivity index is 1.95. The maximum atomic E-state index is 12.5. The van der Waals surface area contributed by atoms with Gasteiger partial charge in [-0.25, -0.2) is 20.4 Å². The summed E-state index contributed by atoms with van der Waals surface area (Å²) in [5.41, 5.74) is 1.70. The summed E-state index contributed by atoms with van der Waals surface area (Å²) in [5.74, 6) is 5.50. The molecule has 2 aromatic rings. The van der Waals surface area contributed by atoms with Gasteiger partial charge in [0.2, 0.25) is 0 Å². The molecule has 1 amide bonds. The van der Waals surface area contributed by atoms with Gasteiger partial charge in [0, 0.05) is 0 Å². The first-order valence-corrected chi connectivity index (χ1v) is 8.92. The van der Waals surface area contributed by atoms with Crippen LogP contribution in [0.4, 0.5) is 4.79 Å². The van der Waals surface area contributed by atoms with Crippen LogP contribution in [0, 0.1) is 5.92 Å². The molecule has 1 atom stereocenters. The van der Waals surface area contributed by atoms with Gasteiger partial charge in [0.15, 0.2) is 0 Å². The number of esters is 1. The summed E-state index contributed by atoms with van der Waals surface area (Å²) in [5, 5.41) is 0.830. The van der Waals surface area contributed by atoms with E-state index in [-0.39, 0.29) is 19.1 Å². The van der Waals surface area contributed by atoms with E-state index in [0.29, 0.717) is 6.42 Å². The average molecular weight is 370 g/mol. The van der Waals surface area contributed by atoms with Crippen molar-refractivity contribution in [3.05, 3.63) is 71.8 Å². The Labute approximate surface area is 159 Å². The Hall–Kier alpha value is -2.86. The topological polar surface area (TPSA) is 81.9 Å². The molecule has 0 saturated heterocycles. The van der Waals surface area contributed by atoms with Crippen molar-refractivity contribution in [1.82, 2.24) is 5.01 Å². The predicted molar refractivity (Wildman–Crippen MR) is 102 cm³/mol. The van der Waals surface area contributed by atoms with Crippen LogP contribution in [-0.4, -0.2) is 23.1 Å². The second kappa shape index (κ2) is 10.3. The zero-order valence-electron chi connectivity index (χ0n) is 15.7. The molecule has 2 rings (SSSR count). The van der Waals surface area contributed by atoms with Crippen LogP contribution in [0.3, 0.4) is 0 Å². The van der Waals surface area contributed by atoms with Crippen molar-refractivity contribution in [3.8, 4) is 0 Å². The van der Waals surface area contributed by atoms with Gasteiger partial charge >= 0.3 is 12.1 Å². The van der Waals surface area contributed by atoms with Gasteiger partial charge in [0.1, 0.15) is 19.3 Å². The highest BCUT2D eigenvalue weighted by atomic mass is 16.6. The molecule has 144 valence electrons. The highest BCUT2D eigenvalue weighted by molar-refractivity contribution is 5.81. The van der Waals surface area contributed by atoms with Crippen molar-refractivity contribution in [2.75, 3.05) is 0 Å². The molecule has 2 N–H and O–H groups in total. The van der Waals surface area contributed by atoms with E-state index in [1.165, 1.54) is 0 Å². The van der Waals surface area contributed by atoms with E-state index >= 15 is 0 Å². The van der Waals surface area contributed by atoms with E-state index in [0.717, 1.165) is 16.1 Å². The lowest BCUT2D eigenvalue weighted by atomic mass is 10.0. The van der Waals surface area contributed by atoms with Gasteiger partial charge in [-0.15, -0.1) is 0 Å². The van der Waals surface area contributed by atoms with Crippen LogP contribution in [0.2, 0.25) is 0 Å². The molecule has 0 aliphatic heterocycles. The van der Waals surface area contributed by atoms with Crippen LogP contribution >= 0.6 is 0 Å². The minimum Gasteiger partial charge on any atom is -0.459 e. The molecular formula is C21H26N2O4. The molecule has 0 aromatic heterocycles. The van der Waals surface area contributed by atoms with Gasteiger partial charge < -0.3 is 9.47 Å². The molecule has 0 fully saturated rings. The van der Waals surface area contributed by atoms with Gasteiger partial charge in [-0.1, -0.05) is 74.5 Å². The third-order valence-electron chi connectivity index (χ3n) is 3.94. The highest BCUT2D eigenvalue weighted by Gasteiger charge is 2.31. The van der Waals surface area contributed by atoms with Gasteiger partial charge in [-0.05, 0) is 23.5 Å². The van der Waals surface area contributed by atoms with E-state index in [2.05, 4.69) is 0 Å². The van der Waals surface area contributed by atoms with Crippen molar-refractivity contribution in [3.63, 3.8) is 0 Å². The fraction of sp³-hybridized carbons (Fsp3) is 0.333. The minimum atomic E-state index is -0.906. The van der Waals surface area contributed by atoms with Crippen LogP contribution in [0.25, 0.3) is 0 Å². The summed E-state index contributed by atoms with van der Waals surface area (Å²) in [6, 6.07) is 17.7. The number of rotatable bonds is 8. The molecule has 0 saturated carbocycles. The van der Waals surface area contributed by atoms with Gasteiger partial charge in [0.25, 0.3) is 0 Å². The Morgan fingerprint density at radius 1 is 0.889 bits per heavy atom. The zero-order valence-corrected chi connectivity index (χ0v) is 15.7. The fourth-order valence-corrected chi connectivity index (χ4v) is 2.52. The Morgan fingerprint density at radius 3 is 1.85 bits per heavy atom. The average Bonchev–Trinajstić information content (AvgIpc) is 2.69. The number of amides is 1. The largest absolute Gasteiger partial charge is 0.459 e. The predicted octanol–water partition coefficient (Wildman–Crippen LogP) is 3.66. The van der Waals surface area contributed by atoms with Crippen LogP contribution in [0.15, 0.2) is 60.7 Å². The molecule has 27 heavy (non-hydrogen) atoms. The number of hydrazine groups is 1. The molecule has 0 radical (unpaired) electrons. The normalized spacial score (nSPS) is 11.7. The molecule has 0 aliphatic carbocycles. The van der Waals surface area contributed by atoms with Crippen LogP contribution in [0.5, 0.6) is 0 Å². The number of nitrogens with two attached hydrogens (primary N) is 1. The molecule has 0 heterocycles. The summed E-state index contributed by atoms with van der Waals surface area (Å²) < 4.78 is 10.6.